The van der Waals surface area contributed by atoms with Gasteiger partial charge < -0.3 is 19.3 Å². The fraction of sp³-hybridized carbons (Fsp3) is 0.323. The predicted molar refractivity (Wildman–Crippen MR) is 148 cm³/mol. The lowest BCUT2D eigenvalue weighted by Gasteiger charge is -2.39. The van der Waals surface area contributed by atoms with Gasteiger partial charge in [0.25, 0.3) is 0 Å². The van der Waals surface area contributed by atoms with E-state index in [0.29, 0.717) is 18.7 Å². The number of carbonyl (C=O) groups is 1. The largest absolute Gasteiger partial charge is 0.445 e. The number of hydrogen-bond donors (Lipinski definition) is 2. The summed E-state index contributed by atoms with van der Waals surface area (Å²) in [5.74, 6) is 0. The van der Waals surface area contributed by atoms with Crippen LogP contribution in [0.2, 0.25) is 0 Å². The van der Waals surface area contributed by atoms with E-state index in [1.165, 1.54) is 11.6 Å². The van der Waals surface area contributed by atoms with Crippen LogP contribution in [-0.4, -0.2) is 42.4 Å². The number of rotatable bonds is 10. The Labute approximate surface area is 224 Å². The average Bonchev–Trinajstić information content (AvgIpc) is 2.96. The topological polar surface area (TPSA) is 80.3 Å². The molecule has 1 fully saturated rings. The van der Waals surface area contributed by atoms with Crippen molar-refractivity contribution in [3.63, 3.8) is 0 Å². The number of aliphatic hydroxyl groups is 1. The first-order valence-electron chi connectivity index (χ1n) is 12.9. The molecule has 0 bridgehead atoms. The van der Waals surface area contributed by atoms with E-state index in [1.807, 2.05) is 48.5 Å². The van der Waals surface area contributed by atoms with E-state index in [-0.39, 0.29) is 31.5 Å². The zero-order valence-corrected chi connectivity index (χ0v) is 22.0. The van der Waals surface area contributed by atoms with Gasteiger partial charge in [0.15, 0.2) is 6.29 Å². The van der Waals surface area contributed by atoms with Crippen molar-refractivity contribution >= 4 is 11.8 Å². The van der Waals surface area contributed by atoms with Crippen molar-refractivity contribution in [2.75, 3.05) is 25.5 Å². The molecule has 0 aromatic heterocycles. The van der Waals surface area contributed by atoms with Gasteiger partial charge in [-0.1, -0.05) is 79.4 Å². The van der Waals surface area contributed by atoms with Gasteiger partial charge in [0.1, 0.15) is 6.61 Å². The fourth-order valence-electron chi connectivity index (χ4n) is 4.55. The van der Waals surface area contributed by atoms with Crippen LogP contribution in [0.25, 0.3) is 0 Å². The summed E-state index contributed by atoms with van der Waals surface area (Å²) in [5.41, 5.74) is 4.52. The number of aliphatic hydroxyl groups excluding tert-OH is 1. The number of likely N-dealkylation sites (N-methyl/N-ethyl adjacent to an activating group) is 1. The van der Waals surface area contributed by atoms with Gasteiger partial charge in [0.05, 0.1) is 18.8 Å². The minimum atomic E-state index is -0.623. The molecule has 200 valence electrons. The summed E-state index contributed by atoms with van der Waals surface area (Å²) in [6.07, 6.45) is 0.740. The number of amides is 1. The first-order chi connectivity index (χ1) is 18.5. The van der Waals surface area contributed by atoms with Crippen LogP contribution < -0.4 is 5.32 Å². The fourth-order valence-corrected chi connectivity index (χ4v) is 4.55. The zero-order valence-electron chi connectivity index (χ0n) is 22.0. The summed E-state index contributed by atoms with van der Waals surface area (Å²) in [6.45, 7) is 6.60. The minimum absolute atomic E-state index is 0.00262. The lowest BCUT2D eigenvalue weighted by atomic mass is 9.99. The molecule has 4 rings (SSSR count). The Kier molecular flexibility index (Phi) is 9.67. The molecule has 38 heavy (non-hydrogen) atoms. The average molecular weight is 517 g/mol. The van der Waals surface area contributed by atoms with Crippen LogP contribution in [0.5, 0.6) is 0 Å². The van der Waals surface area contributed by atoms with Gasteiger partial charge in [-0.3, -0.25) is 10.2 Å². The first kappa shape index (κ1) is 27.5. The molecule has 1 saturated heterocycles. The van der Waals surface area contributed by atoms with Crippen LogP contribution >= 0.6 is 0 Å². The van der Waals surface area contributed by atoms with Crippen LogP contribution in [0.1, 0.15) is 54.0 Å². The van der Waals surface area contributed by atoms with Crippen molar-refractivity contribution in [3.05, 3.63) is 114 Å². The molecular weight excluding hydrogens is 480 g/mol. The summed E-state index contributed by atoms with van der Waals surface area (Å²) >= 11 is 0. The van der Waals surface area contributed by atoms with Crippen molar-refractivity contribution in [2.45, 2.75) is 44.5 Å². The van der Waals surface area contributed by atoms with E-state index < -0.39 is 12.4 Å². The van der Waals surface area contributed by atoms with Gasteiger partial charge in [-0.25, -0.2) is 4.79 Å². The second kappa shape index (κ2) is 13.3. The van der Waals surface area contributed by atoms with Crippen LogP contribution in [0, 0.1) is 0 Å². The molecule has 2 N–H and O–H groups in total. The van der Waals surface area contributed by atoms with E-state index in [2.05, 4.69) is 55.0 Å². The summed E-state index contributed by atoms with van der Waals surface area (Å²) in [6, 6.07) is 25.9. The molecule has 1 amide bonds. The highest BCUT2D eigenvalue weighted by Gasteiger charge is 2.33. The number of nitrogens with one attached hydrogen (secondary N) is 1. The molecule has 7 heteroatoms. The summed E-state index contributed by atoms with van der Waals surface area (Å²) in [4.78, 5) is 14.3. The van der Waals surface area contributed by atoms with Gasteiger partial charge in [-0.05, 0) is 42.8 Å². The standard InChI is InChI=1S/C31H36N2O5/c1-4-17-36-31(35)32-27-12-8-11-26(18-27)30-37-28(20-33(3)22(2)24-9-6-5-7-10-24)19-29(38-30)25-15-13-23(21-34)14-16-25/h4-16,18,22,28-30,34H,1,17,19-21H2,2-3H3,(H,32,35). The van der Waals surface area contributed by atoms with Gasteiger partial charge in [0.2, 0.25) is 0 Å². The van der Waals surface area contributed by atoms with E-state index in [0.717, 1.165) is 16.7 Å². The van der Waals surface area contributed by atoms with Gasteiger partial charge in [0, 0.05) is 30.3 Å². The van der Waals surface area contributed by atoms with Gasteiger partial charge in [-0.2, -0.15) is 0 Å². The Morgan fingerprint density at radius 1 is 1.11 bits per heavy atom. The molecule has 1 aliphatic rings. The number of carbonyl (C=O) groups excluding carboxylic acids is 1. The molecule has 4 atom stereocenters. The van der Waals surface area contributed by atoms with Crippen molar-refractivity contribution in [1.29, 1.82) is 0 Å². The Hall–Kier alpha value is -3.49. The van der Waals surface area contributed by atoms with Crippen molar-refractivity contribution < 1.29 is 24.1 Å². The molecule has 1 heterocycles. The summed E-state index contributed by atoms with van der Waals surface area (Å²) in [5, 5.41) is 12.2. The molecular formula is C31H36N2O5. The molecule has 3 aromatic carbocycles. The third-order valence-corrected chi connectivity index (χ3v) is 6.79. The van der Waals surface area contributed by atoms with Crippen LogP contribution in [0.15, 0.2) is 91.5 Å². The molecule has 0 saturated carbocycles. The highest BCUT2D eigenvalue weighted by atomic mass is 16.7. The maximum absolute atomic E-state index is 12.0. The van der Waals surface area contributed by atoms with Crippen molar-refractivity contribution in [3.8, 4) is 0 Å². The van der Waals surface area contributed by atoms with Crippen molar-refractivity contribution in [1.82, 2.24) is 4.90 Å². The summed E-state index contributed by atoms with van der Waals surface area (Å²) < 4.78 is 18.0. The van der Waals surface area contributed by atoms with Crippen molar-refractivity contribution in [2.24, 2.45) is 0 Å². The Morgan fingerprint density at radius 3 is 2.58 bits per heavy atom. The quantitative estimate of drug-likeness (QED) is 0.315. The number of hydrogen-bond acceptors (Lipinski definition) is 6. The zero-order chi connectivity index (χ0) is 26.9. The predicted octanol–water partition coefficient (Wildman–Crippen LogP) is 6.15. The number of ether oxygens (including phenoxy) is 3. The molecule has 0 aliphatic carbocycles. The molecule has 1 aliphatic heterocycles. The van der Waals surface area contributed by atoms with Crippen LogP contribution in [0.4, 0.5) is 10.5 Å². The Morgan fingerprint density at radius 2 is 1.87 bits per heavy atom. The number of anilines is 1. The van der Waals surface area contributed by atoms with E-state index in [9.17, 15) is 9.90 Å². The second-order valence-electron chi connectivity index (χ2n) is 9.51. The lowest BCUT2D eigenvalue weighted by Crippen LogP contribution is -2.38. The molecule has 0 spiro atoms. The maximum Gasteiger partial charge on any atom is 0.411 e. The third-order valence-electron chi connectivity index (χ3n) is 6.79. The van der Waals surface area contributed by atoms with E-state index in [4.69, 9.17) is 14.2 Å². The molecule has 7 nitrogen and oxygen atoms in total. The van der Waals surface area contributed by atoms with Crippen LogP contribution in [0.3, 0.4) is 0 Å². The number of benzene rings is 3. The molecule has 4 unspecified atom stereocenters. The van der Waals surface area contributed by atoms with Crippen LogP contribution in [-0.2, 0) is 20.8 Å². The Bertz CT molecular complexity index is 1180. The Balaban J connectivity index is 1.54. The minimum Gasteiger partial charge on any atom is -0.445 e. The maximum atomic E-state index is 12.0. The monoisotopic (exact) mass is 516 g/mol. The highest BCUT2D eigenvalue weighted by Crippen LogP contribution is 2.39. The number of nitrogens with zero attached hydrogens (tertiary/aromatic N) is 1. The van der Waals surface area contributed by atoms with E-state index in [1.54, 1.807) is 6.07 Å². The SMILES string of the molecule is C=CCOC(=O)Nc1cccc(C2OC(CN(C)C(C)c3ccccc3)CC(c3ccc(CO)cc3)O2)c1. The highest BCUT2D eigenvalue weighted by molar-refractivity contribution is 5.84. The molecule has 0 radical (unpaired) electrons. The smallest absolute Gasteiger partial charge is 0.411 e. The normalized spacial score (nSPS) is 20.1. The first-order valence-corrected chi connectivity index (χ1v) is 12.9. The molecule has 3 aromatic rings. The van der Waals surface area contributed by atoms with Gasteiger partial charge >= 0.3 is 6.09 Å². The van der Waals surface area contributed by atoms with Gasteiger partial charge in [-0.15, -0.1) is 0 Å². The third kappa shape index (κ3) is 7.30. The lowest BCUT2D eigenvalue weighted by molar-refractivity contribution is -0.253. The summed E-state index contributed by atoms with van der Waals surface area (Å²) in [7, 11) is 2.11. The van der Waals surface area contributed by atoms with E-state index >= 15 is 0 Å². The second-order valence-corrected chi connectivity index (χ2v) is 9.51.